The van der Waals surface area contributed by atoms with E-state index >= 15 is 0 Å². The fraction of sp³-hybridized carbons (Fsp3) is 0.385. The van der Waals surface area contributed by atoms with E-state index in [0.717, 1.165) is 23.3 Å². The van der Waals surface area contributed by atoms with Gasteiger partial charge in [-0.3, -0.25) is 0 Å². The normalized spacial score (nSPS) is 11.0. The molecule has 0 aliphatic rings. The summed E-state index contributed by atoms with van der Waals surface area (Å²) in [6.07, 6.45) is 2.68. The number of benzene rings is 1. The number of rotatable bonds is 5. The second kappa shape index (κ2) is 6.56. The van der Waals surface area contributed by atoms with Crippen molar-refractivity contribution < 1.29 is 4.74 Å². The summed E-state index contributed by atoms with van der Waals surface area (Å²) in [4.78, 5) is 0. The zero-order valence-electron chi connectivity index (χ0n) is 9.79. The van der Waals surface area contributed by atoms with Gasteiger partial charge in [-0.05, 0) is 49.6 Å². The van der Waals surface area contributed by atoms with Crippen LogP contribution in [-0.4, -0.2) is 13.2 Å². The van der Waals surface area contributed by atoms with E-state index in [2.05, 4.69) is 12.1 Å². The minimum absolute atomic E-state index is 0.501. The third-order valence-corrected chi connectivity index (χ3v) is 2.54. The number of ether oxygens (including phenoxy) is 1. The lowest BCUT2D eigenvalue weighted by Crippen LogP contribution is -2.04. The highest BCUT2D eigenvalue weighted by Gasteiger charge is 2.05. The molecule has 0 radical (unpaired) electrons. The Morgan fingerprint density at radius 1 is 1.31 bits per heavy atom. The monoisotopic (exact) mass is 239 g/mol. The highest BCUT2D eigenvalue weighted by atomic mass is 35.5. The summed E-state index contributed by atoms with van der Waals surface area (Å²) in [5, 5.41) is 0. The molecule has 88 valence electrons. The van der Waals surface area contributed by atoms with Gasteiger partial charge in [-0.25, -0.2) is 0 Å². The lowest BCUT2D eigenvalue weighted by molar-refractivity contribution is 0.358. The molecule has 0 saturated heterocycles. The maximum absolute atomic E-state index is 5.64. The standard InChI is InChI=1S/C13H18ClNO/c1-10-8-12(4-6-15)9-11(2)13(10)16-7-3-5-14/h3,5,8-9H,4,6-7,15H2,1-2H3/b5-3+. The van der Waals surface area contributed by atoms with Crippen LogP contribution in [0.25, 0.3) is 0 Å². The molecule has 1 aromatic carbocycles. The fourth-order valence-electron chi connectivity index (χ4n) is 1.75. The summed E-state index contributed by atoms with van der Waals surface area (Å²) in [6.45, 7) is 5.27. The average Bonchev–Trinajstić information content (AvgIpc) is 2.23. The second-order valence-corrected chi connectivity index (χ2v) is 4.02. The van der Waals surface area contributed by atoms with Crippen LogP contribution in [0.15, 0.2) is 23.7 Å². The van der Waals surface area contributed by atoms with Crippen LogP contribution in [0, 0.1) is 13.8 Å². The molecule has 0 bridgehead atoms. The largest absolute Gasteiger partial charge is 0.489 e. The van der Waals surface area contributed by atoms with E-state index in [4.69, 9.17) is 22.1 Å². The molecule has 0 spiro atoms. The number of nitrogens with two attached hydrogens (primary N) is 1. The van der Waals surface area contributed by atoms with Crippen LogP contribution in [0.2, 0.25) is 0 Å². The number of hydrogen-bond donors (Lipinski definition) is 1. The maximum atomic E-state index is 5.64. The lowest BCUT2D eigenvalue weighted by Gasteiger charge is -2.12. The summed E-state index contributed by atoms with van der Waals surface area (Å²) >= 11 is 5.44. The Labute approximate surface area is 102 Å². The molecule has 2 nitrogen and oxygen atoms in total. The highest BCUT2D eigenvalue weighted by Crippen LogP contribution is 2.25. The Bertz CT molecular complexity index is 351. The molecule has 16 heavy (non-hydrogen) atoms. The van der Waals surface area contributed by atoms with Crippen molar-refractivity contribution in [1.29, 1.82) is 0 Å². The van der Waals surface area contributed by atoms with Crippen molar-refractivity contribution in [2.75, 3.05) is 13.2 Å². The molecular weight excluding hydrogens is 222 g/mol. The summed E-state index contributed by atoms with van der Waals surface area (Å²) < 4.78 is 5.64. The molecule has 0 aromatic heterocycles. The Kier molecular flexibility index (Phi) is 5.36. The highest BCUT2D eigenvalue weighted by molar-refractivity contribution is 6.25. The number of aryl methyl sites for hydroxylation is 2. The molecule has 0 aliphatic heterocycles. The van der Waals surface area contributed by atoms with Crippen LogP contribution in [0.1, 0.15) is 16.7 Å². The van der Waals surface area contributed by atoms with Gasteiger partial charge in [-0.2, -0.15) is 0 Å². The number of halogens is 1. The third kappa shape index (κ3) is 3.54. The van der Waals surface area contributed by atoms with Crippen LogP contribution >= 0.6 is 11.6 Å². The molecule has 3 heteroatoms. The smallest absolute Gasteiger partial charge is 0.125 e. The zero-order chi connectivity index (χ0) is 12.0. The van der Waals surface area contributed by atoms with Crippen LogP contribution in [0.4, 0.5) is 0 Å². The van der Waals surface area contributed by atoms with Crippen molar-refractivity contribution in [2.45, 2.75) is 20.3 Å². The molecule has 1 rings (SSSR count). The first-order valence-corrected chi connectivity index (χ1v) is 5.81. The van der Waals surface area contributed by atoms with E-state index in [1.165, 1.54) is 11.1 Å². The van der Waals surface area contributed by atoms with Gasteiger partial charge in [0.2, 0.25) is 0 Å². The molecule has 0 saturated carbocycles. The average molecular weight is 240 g/mol. The zero-order valence-corrected chi connectivity index (χ0v) is 10.6. The topological polar surface area (TPSA) is 35.2 Å². The van der Waals surface area contributed by atoms with Crippen LogP contribution in [0.3, 0.4) is 0 Å². The summed E-state index contributed by atoms with van der Waals surface area (Å²) in [5.74, 6) is 0.940. The SMILES string of the molecule is Cc1cc(CCN)cc(C)c1OC/C=C/Cl. The Morgan fingerprint density at radius 2 is 1.94 bits per heavy atom. The van der Waals surface area contributed by atoms with Gasteiger partial charge in [0.15, 0.2) is 0 Å². The predicted molar refractivity (Wildman–Crippen MR) is 69.2 cm³/mol. The Morgan fingerprint density at radius 3 is 2.44 bits per heavy atom. The molecular formula is C13H18ClNO. The van der Waals surface area contributed by atoms with Gasteiger partial charge >= 0.3 is 0 Å². The Balaban J connectivity index is 2.84. The van der Waals surface area contributed by atoms with E-state index in [1.54, 1.807) is 6.08 Å². The summed E-state index contributed by atoms with van der Waals surface area (Å²) in [6, 6.07) is 4.25. The van der Waals surface area contributed by atoms with Gasteiger partial charge in [0, 0.05) is 5.54 Å². The van der Waals surface area contributed by atoms with E-state index < -0.39 is 0 Å². The van der Waals surface area contributed by atoms with Crippen LogP contribution < -0.4 is 10.5 Å². The first-order valence-electron chi connectivity index (χ1n) is 5.37. The minimum Gasteiger partial charge on any atom is -0.489 e. The van der Waals surface area contributed by atoms with Crippen LogP contribution in [-0.2, 0) is 6.42 Å². The van der Waals surface area contributed by atoms with Crippen LogP contribution in [0.5, 0.6) is 5.75 Å². The lowest BCUT2D eigenvalue weighted by atomic mass is 10.0. The summed E-state index contributed by atoms with van der Waals surface area (Å²) in [5.41, 5.74) is 10.6. The molecule has 0 heterocycles. The van der Waals surface area contributed by atoms with E-state index in [1.807, 2.05) is 13.8 Å². The van der Waals surface area contributed by atoms with E-state index in [-0.39, 0.29) is 0 Å². The van der Waals surface area contributed by atoms with Crippen molar-refractivity contribution >= 4 is 11.6 Å². The molecule has 0 aliphatic carbocycles. The second-order valence-electron chi connectivity index (χ2n) is 3.77. The third-order valence-electron chi connectivity index (χ3n) is 2.37. The first-order chi connectivity index (χ1) is 7.69. The van der Waals surface area contributed by atoms with Crippen molar-refractivity contribution in [3.8, 4) is 5.75 Å². The van der Waals surface area contributed by atoms with Crippen molar-refractivity contribution in [3.05, 3.63) is 40.4 Å². The fourth-order valence-corrected chi connectivity index (χ4v) is 1.82. The number of hydrogen-bond acceptors (Lipinski definition) is 2. The first kappa shape index (κ1) is 13.1. The molecule has 1 aromatic rings. The van der Waals surface area contributed by atoms with Gasteiger partial charge in [0.1, 0.15) is 12.4 Å². The van der Waals surface area contributed by atoms with Gasteiger partial charge in [-0.15, -0.1) is 0 Å². The van der Waals surface area contributed by atoms with Gasteiger partial charge in [0.25, 0.3) is 0 Å². The maximum Gasteiger partial charge on any atom is 0.125 e. The van der Waals surface area contributed by atoms with Gasteiger partial charge in [0.05, 0.1) is 0 Å². The summed E-state index contributed by atoms with van der Waals surface area (Å²) in [7, 11) is 0. The predicted octanol–water partition coefficient (Wildman–Crippen LogP) is 2.94. The van der Waals surface area contributed by atoms with E-state index in [0.29, 0.717) is 13.2 Å². The molecule has 0 unspecified atom stereocenters. The quantitative estimate of drug-likeness (QED) is 0.858. The van der Waals surface area contributed by atoms with E-state index in [9.17, 15) is 0 Å². The van der Waals surface area contributed by atoms with Gasteiger partial charge in [-0.1, -0.05) is 23.7 Å². The Hall–Kier alpha value is -0.990. The molecule has 0 atom stereocenters. The molecule has 0 amide bonds. The molecule has 0 fully saturated rings. The van der Waals surface area contributed by atoms with Crippen molar-refractivity contribution in [1.82, 2.24) is 0 Å². The molecule has 2 N–H and O–H groups in total. The van der Waals surface area contributed by atoms with Crippen molar-refractivity contribution in [3.63, 3.8) is 0 Å². The van der Waals surface area contributed by atoms with Gasteiger partial charge < -0.3 is 10.5 Å². The minimum atomic E-state index is 0.501. The van der Waals surface area contributed by atoms with Crippen molar-refractivity contribution in [2.24, 2.45) is 5.73 Å².